The van der Waals surface area contributed by atoms with Crippen LogP contribution in [0.1, 0.15) is 34.5 Å². The molecule has 1 aromatic heterocycles. The van der Waals surface area contributed by atoms with Gasteiger partial charge in [0, 0.05) is 18.9 Å². The minimum Gasteiger partial charge on any atom is -0.387 e. The lowest BCUT2D eigenvalue weighted by Crippen LogP contribution is -2.34. The van der Waals surface area contributed by atoms with E-state index in [9.17, 15) is 9.90 Å². The molecule has 0 spiro atoms. The molecule has 1 heterocycles. The second-order valence-corrected chi connectivity index (χ2v) is 5.53. The second kappa shape index (κ2) is 7.38. The molecule has 22 heavy (non-hydrogen) atoms. The molecule has 0 bridgehead atoms. The van der Waals surface area contributed by atoms with E-state index in [1.165, 1.54) is 12.4 Å². The third kappa shape index (κ3) is 3.84. The Hall–Kier alpha value is -1.91. The predicted molar refractivity (Wildman–Crippen MR) is 87.0 cm³/mol. The number of hydrogen-bond acceptors (Lipinski definition) is 3. The first-order valence-corrected chi connectivity index (χ1v) is 7.54. The lowest BCUT2D eigenvalue weighted by molar-refractivity contribution is 0.0635. The number of carbonyl (C=O) groups is 1. The molecule has 0 aliphatic carbocycles. The molecule has 4 nitrogen and oxygen atoms in total. The maximum absolute atomic E-state index is 12.5. The number of amides is 1. The van der Waals surface area contributed by atoms with Crippen molar-refractivity contribution in [2.75, 3.05) is 13.1 Å². The van der Waals surface area contributed by atoms with Gasteiger partial charge in [0.15, 0.2) is 0 Å². The zero-order chi connectivity index (χ0) is 16.1. The molecule has 116 valence electrons. The van der Waals surface area contributed by atoms with Crippen molar-refractivity contribution < 1.29 is 9.90 Å². The summed E-state index contributed by atoms with van der Waals surface area (Å²) in [5, 5.41) is 10.7. The van der Waals surface area contributed by atoms with Gasteiger partial charge in [-0.3, -0.25) is 9.78 Å². The molecule has 0 aliphatic heterocycles. The molecule has 1 atom stereocenters. The minimum atomic E-state index is -0.731. The number of aromatic nitrogens is 1. The fourth-order valence-corrected chi connectivity index (χ4v) is 2.38. The molecule has 0 saturated carbocycles. The van der Waals surface area contributed by atoms with Gasteiger partial charge in [0.05, 0.1) is 23.2 Å². The van der Waals surface area contributed by atoms with Crippen LogP contribution in [0.25, 0.3) is 0 Å². The van der Waals surface area contributed by atoms with E-state index in [1.54, 1.807) is 11.0 Å². The molecule has 2 aromatic rings. The Morgan fingerprint density at radius 2 is 2.00 bits per heavy atom. The number of aryl methyl sites for hydroxylation is 1. The third-order valence-corrected chi connectivity index (χ3v) is 3.83. The van der Waals surface area contributed by atoms with Crippen LogP contribution in [0.5, 0.6) is 0 Å². The van der Waals surface area contributed by atoms with E-state index >= 15 is 0 Å². The number of aliphatic hydroxyl groups excluding tert-OH is 1. The van der Waals surface area contributed by atoms with Crippen molar-refractivity contribution in [1.29, 1.82) is 0 Å². The molecule has 1 N–H and O–H groups in total. The Balaban J connectivity index is 2.13. The highest BCUT2D eigenvalue weighted by Crippen LogP contribution is 2.19. The van der Waals surface area contributed by atoms with Gasteiger partial charge in [0.25, 0.3) is 5.91 Å². The summed E-state index contributed by atoms with van der Waals surface area (Å²) in [6.07, 6.45) is 2.24. The highest BCUT2D eigenvalue weighted by atomic mass is 35.5. The number of carbonyl (C=O) groups excluding carboxylic acids is 1. The first kappa shape index (κ1) is 16.5. The Morgan fingerprint density at radius 1 is 1.32 bits per heavy atom. The van der Waals surface area contributed by atoms with E-state index in [1.807, 2.05) is 38.1 Å². The van der Waals surface area contributed by atoms with Gasteiger partial charge in [-0.25, -0.2) is 0 Å². The van der Waals surface area contributed by atoms with E-state index in [0.29, 0.717) is 17.1 Å². The molecular formula is C17H19ClN2O2. The second-order valence-electron chi connectivity index (χ2n) is 5.13. The van der Waals surface area contributed by atoms with Crippen LogP contribution < -0.4 is 0 Å². The molecule has 1 amide bonds. The van der Waals surface area contributed by atoms with Gasteiger partial charge in [-0.05, 0) is 25.5 Å². The van der Waals surface area contributed by atoms with Crippen molar-refractivity contribution in [2.45, 2.75) is 20.0 Å². The van der Waals surface area contributed by atoms with Crippen LogP contribution in [-0.4, -0.2) is 34.0 Å². The van der Waals surface area contributed by atoms with Gasteiger partial charge in [0.2, 0.25) is 0 Å². The van der Waals surface area contributed by atoms with Crippen molar-refractivity contribution in [3.63, 3.8) is 0 Å². The number of aliphatic hydroxyl groups is 1. The van der Waals surface area contributed by atoms with Gasteiger partial charge in [-0.2, -0.15) is 0 Å². The summed E-state index contributed by atoms with van der Waals surface area (Å²) in [5.41, 5.74) is 2.32. The average molecular weight is 319 g/mol. The maximum Gasteiger partial charge on any atom is 0.255 e. The van der Waals surface area contributed by atoms with Crippen molar-refractivity contribution in [2.24, 2.45) is 0 Å². The lowest BCUT2D eigenvalue weighted by atomic mass is 10.1. The Bertz CT molecular complexity index is 643. The average Bonchev–Trinajstić information content (AvgIpc) is 2.53. The van der Waals surface area contributed by atoms with Gasteiger partial charge < -0.3 is 10.0 Å². The summed E-state index contributed by atoms with van der Waals surface area (Å²) < 4.78 is 0. The van der Waals surface area contributed by atoms with Crippen molar-refractivity contribution in [3.8, 4) is 0 Å². The highest BCUT2D eigenvalue weighted by molar-refractivity contribution is 6.33. The molecule has 0 aliphatic rings. The van der Waals surface area contributed by atoms with E-state index in [2.05, 4.69) is 4.98 Å². The van der Waals surface area contributed by atoms with Crippen LogP contribution >= 0.6 is 11.6 Å². The minimum absolute atomic E-state index is 0.207. The number of benzene rings is 1. The van der Waals surface area contributed by atoms with Crippen LogP contribution in [0, 0.1) is 6.92 Å². The number of nitrogens with zero attached hydrogens (tertiary/aromatic N) is 2. The summed E-state index contributed by atoms with van der Waals surface area (Å²) in [4.78, 5) is 18.0. The zero-order valence-corrected chi connectivity index (χ0v) is 13.4. The van der Waals surface area contributed by atoms with Gasteiger partial charge in [-0.1, -0.05) is 41.4 Å². The summed E-state index contributed by atoms with van der Waals surface area (Å²) >= 11 is 6.02. The smallest absolute Gasteiger partial charge is 0.255 e. The molecule has 2 rings (SSSR count). The Kier molecular flexibility index (Phi) is 5.52. The molecule has 5 heteroatoms. The van der Waals surface area contributed by atoms with Gasteiger partial charge in [0.1, 0.15) is 0 Å². The van der Waals surface area contributed by atoms with Crippen LogP contribution in [-0.2, 0) is 0 Å². The van der Waals surface area contributed by atoms with Crippen LogP contribution in [0.3, 0.4) is 0 Å². The Labute approximate surface area is 135 Å². The highest BCUT2D eigenvalue weighted by Gasteiger charge is 2.20. The topological polar surface area (TPSA) is 53.4 Å². The van der Waals surface area contributed by atoms with Crippen molar-refractivity contribution in [3.05, 3.63) is 64.4 Å². The largest absolute Gasteiger partial charge is 0.387 e. The van der Waals surface area contributed by atoms with Crippen molar-refractivity contribution in [1.82, 2.24) is 9.88 Å². The number of rotatable bonds is 5. The molecule has 0 fully saturated rings. The van der Waals surface area contributed by atoms with Gasteiger partial charge in [-0.15, -0.1) is 0 Å². The normalized spacial score (nSPS) is 12.0. The van der Waals surface area contributed by atoms with Crippen molar-refractivity contribution >= 4 is 17.5 Å². The zero-order valence-electron chi connectivity index (χ0n) is 12.7. The van der Waals surface area contributed by atoms with Crippen LogP contribution in [0.2, 0.25) is 5.02 Å². The monoisotopic (exact) mass is 318 g/mol. The summed E-state index contributed by atoms with van der Waals surface area (Å²) in [6.45, 7) is 4.57. The van der Waals surface area contributed by atoms with Crippen LogP contribution in [0.15, 0.2) is 42.7 Å². The summed E-state index contributed by atoms with van der Waals surface area (Å²) in [5.74, 6) is -0.207. The molecular weight excluding hydrogens is 300 g/mol. The summed E-state index contributed by atoms with van der Waals surface area (Å²) in [7, 11) is 0. The third-order valence-electron chi connectivity index (χ3n) is 3.53. The number of hydrogen-bond donors (Lipinski definition) is 1. The van der Waals surface area contributed by atoms with Crippen LogP contribution in [0.4, 0.5) is 0 Å². The molecule has 0 radical (unpaired) electrons. The quantitative estimate of drug-likeness (QED) is 0.920. The first-order valence-electron chi connectivity index (χ1n) is 7.16. The predicted octanol–water partition coefficient (Wildman–Crippen LogP) is 3.24. The van der Waals surface area contributed by atoms with E-state index in [-0.39, 0.29) is 12.5 Å². The fourth-order valence-electron chi connectivity index (χ4n) is 2.18. The first-order chi connectivity index (χ1) is 10.5. The molecule has 0 saturated heterocycles. The standard InChI is InChI=1S/C17H19ClN2O2/c1-3-20(17(22)14-8-9-19-10-15(14)18)11-16(21)13-6-4-12(2)5-7-13/h4-10,16,21H,3,11H2,1-2H3/t16-/m0/s1. The number of likely N-dealkylation sites (N-methyl/N-ethyl adjacent to an activating group) is 1. The molecule has 1 aromatic carbocycles. The molecule has 0 unspecified atom stereocenters. The SMILES string of the molecule is CCN(C[C@H](O)c1ccc(C)cc1)C(=O)c1ccncc1Cl. The maximum atomic E-state index is 12.5. The van der Waals surface area contributed by atoms with E-state index < -0.39 is 6.10 Å². The summed E-state index contributed by atoms with van der Waals surface area (Å²) in [6, 6.07) is 9.22. The Morgan fingerprint density at radius 3 is 2.59 bits per heavy atom. The number of pyridine rings is 1. The lowest BCUT2D eigenvalue weighted by Gasteiger charge is -2.24. The number of halogens is 1. The van der Waals surface area contributed by atoms with E-state index in [0.717, 1.165) is 11.1 Å². The van der Waals surface area contributed by atoms with E-state index in [4.69, 9.17) is 11.6 Å². The van der Waals surface area contributed by atoms with Gasteiger partial charge >= 0.3 is 0 Å². The fraction of sp³-hybridized carbons (Fsp3) is 0.294.